The SMILES string of the molecule is CC(CC(F)(F)F)NC1=NCCCCC1. The predicted octanol–water partition coefficient (Wildman–Crippen LogP) is 2.89. The van der Waals surface area contributed by atoms with Gasteiger partial charge in [0, 0.05) is 19.0 Å². The topological polar surface area (TPSA) is 24.4 Å². The van der Waals surface area contributed by atoms with Gasteiger partial charge in [-0.25, -0.2) is 0 Å². The molecule has 15 heavy (non-hydrogen) atoms. The van der Waals surface area contributed by atoms with Gasteiger partial charge in [0.1, 0.15) is 0 Å². The van der Waals surface area contributed by atoms with E-state index in [1.807, 2.05) is 0 Å². The van der Waals surface area contributed by atoms with Crippen LogP contribution in [-0.4, -0.2) is 24.6 Å². The van der Waals surface area contributed by atoms with E-state index in [-0.39, 0.29) is 0 Å². The zero-order valence-corrected chi connectivity index (χ0v) is 8.90. The van der Waals surface area contributed by atoms with E-state index in [4.69, 9.17) is 0 Å². The molecule has 1 rings (SSSR count). The lowest BCUT2D eigenvalue weighted by atomic mass is 10.2. The Labute approximate surface area is 88.0 Å². The van der Waals surface area contributed by atoms with Crippen molar-refractivity contribution >= 4 is 5.84 Å². The van der Waals surface area contributed by atoms with Gasteiger partial charge >= 0.3 is 6.18 Å². The number of hydrogen-bond donors (Lipinski definition) is 1. The van der Waals surface area contributed by atoms with Gasteiger partial charge in [-0.2, -0.15) is 13.2 Å². The van der Waals surface area contributed by atoms with E-state index in [2.05, 4.69) is 10.3 Å². The van der Waals surface area contributed by atoms with Crippen molar-refractivity contribution < 1.29 is 13.2 Å². The molecule has 0 aromatic heterocycles. The zero-order chi connectivity index (χ0) is 11.3. The van der Waals surface area contributed by atoms with E-state index in [1.54, 1.807) is 6.92 Å². The van der Waals surface area contributed by atoms with Crippen LogP contribution in [-0.2, 0) is 0 Å². The molecule has 2 nitrogen and oxygen atoms in total. The predicted molar refractivity (Wildman–Crippen MR) is 54.0 cm³/mol. The molecule has 0 saturated carbocycles. The van der Waals surface area contributed by atoms with Crippen molar-refractivity contribution in [1.29, 1.82) is 0 Å². The lowest BCUT2D eigenvalue weighted by Gasteiger charge is -2.17. The molecule has 0 aliphatic carbocycles. The van der Waals surface area contributed by atoms with Crippen LogP contribution < -0.4 is 5.32 Å². The summed E-state index contributed by atoms with van der Waals surface area (Å²) in [6.07, 6.45) is -0.947. The molecule has 0 saturated heterocycles. The van der Waals surface area contributed by atoms with Crippen LogP contribution in [0.15, 0.2) is 4.99 Å². The first-order valence-electron chi connectivity index (χ1n) is 5.34. The van der Waals surface area contributed by atoms with Crippen LogP contribution in [0.3, 0.4) is 0 Å². The Hall–Kier alpha value is -0.740. The number of hydrogen-bond acceptors (Lipinski definition) is 2. The number of nitrogens with one attached hydrogen (secondary N) is 1. The summed E-state index contributed by atoms with van der Waals surface area (Å²) in [5, 5.41) is 2.85. The first-order chi connectivity index (χ1) is 6.97. The molecule has 0 spiro atoms. The largest absolute Gasteiger partial charge is 0.391 e. The van der Waals surface area contributed by atoms with Crippen molar-refractivity contribution in [2.24, 2.45) is 4.99 Å². The minimum atomic E-state index is -4.10. The molecule has 88 valence electrons. The maximum Gasteiger partial charge on any atom is 0.391 e. The number of rotatable bonds is 2. The summed E-state index contributed by atoms with van der Waals surface area (Å²) in [5.41, 5.74) is 0. The average molecular weight is 222 g/mol. The molecular formula is C10H17F3N2. The van der Waals surface area contributed by atoms with Gasteiger partial charge in [-0.05, 0) is 19.8 Å². The first-order valence-corrected chi connectivity index (χ1v) is 5.34. The van der Waals surface area contributed by atoms with E-state index in [9.17, 15) is 13.2 Å². The second-order valence-corrected chi connectivity index (χ2v) is 4.00. The van der Waals surface area contributed by atoms with Crippen LogP contribution in [0.2, 0.25) is 0 Å². The third-order valence-electron chi connectivity index (χ3n) is 2.33. The maximum absolute atomic E-state index is 12.1. The van der Waals surface area contributed by atoms with Crippen LogP contribution in [0.4, 0.5) is 13.2 Å². The van der Waals surface area contributed by atoms with Crippen molar-refractivity contribution in [2.45, 2.75) is 51.2 Å². The van der Waals surface area contributed by atoms with Gasteiger partial charge in [-0.15, -0.1) is 0 Å². The highest BCUT2D eigenvalue weighted by Crippen LogP contribution is 2.21. The summed E-state index contributed by atoms with van der Waals surface area (Å²) >= 11 is 0. The average Bonchev–Trinajstić information content (AvgIpc) is 2.28. The highest BCUT2D eigenvalue weighted by atomic mass is 19.4. The first kappa shape index (κ1) is 12.3. The van der Waals surface area contributed by atoms with Gasteiger partial charge in [0.2, 0.25) is 0 Å². The summed E-state index contributed by atoms with van der Waals surface area (Å²) in [7, 11) is 0. The number of nitrogens with zero attached hydrogens (tertiary/aromatic N) is 1. The molecular weight excluding hydrogens is 205 g/mol. The maximum atomic E-state index is 12.1. The molecule has 0 aromatic carbocycles. The monoisotopic (exact) mass is 222 g/mol. The third-order valence-corrected chi connectivity index (χ3v) is 2.33. The highest BCUT2D eigenvalue weighted by Gasteiger charge is 2.30. The van der Waals surface area contributed by atoms with Crippen LogP contribution in [0.25, 0.3) is 0 Å². The highest BCUT2D eigenvalue weighted by molar-refractivity contribution is 5.82. The van der Waals surface area contributed by atoms with Gasteiger partial charge in [0.15, 0.2) is 0 Å². The van der Waals surface area contributed by atoms with Gasteiger partial charge in [-0.3, -0.25) is 4.99 Å². The van der Waals surface area contributed by atoms with Crippen molar-refractivity contribution in [2.75, 3.05) is 6.54 Å². The fraction of sp³-hybridized carbons (Fsp3) is 0.900. The number of alkyl halides is 3. The van der Waals surface area contributed by atoms with E-state index >= 15 is 0 Å². The second-order valence-electron chi connectivity index (χ2n) is 4.00. The molecule has 0 amide bonds. The second kappa shape index (κ2) is 5.37. The molecule has 1 aliphatic rings. The van der Waals surface area contributed by atoms with E-state index < -0.39 is 18.6 Å². The number of amidine groups is 1. The molecule has 1 heterocycles. The molecule has 1 atom stereocenters. The fourth-order valence-electron chi connectivity index (χ4n) is 1.67. The van der Waals surface area contributed by atoms with Crippen LogP contribution in [0.1, 0.15) is 39.0 Å². The molecule has 0 fully saturated rings. The fourth-order valence-corrected chi connectivity index (χ4v) is 1.67. The minimum absolute atomic E-state index is 0.582. The van der Waals surface area contributed by atoms with Crippen molar-refractivity contribution in [3.8, 4) is 0 Å². The van der Waals surface area contributed by atoms with Gasteiger partial charge in [-0.1, -0.05) is 6.42 Å². The lowest BCUT2D eigenvalue weighted by Crippen LogP contribution is -2.35. The van der Waals surface area contributed by atoms with Crippen molar-refractivity contribution in [1.82, 2.24) is 5.32 Å². The summed E-state index contributed by atoms with van der Waals surface area (Å²) < 4.78 is 36.2. The smallest absolute Gasteiger partial charge is 0.371 e. The summed E-state index contributed by atoms with van der Waals surface area (Å²) in [6, 6.07) is -0.582. The van der Waals surface area contributed by atoms with Crippen molar-refractivity contribution in [3.05, 3.63) is 0 Å². The number of aliphatic imine (C=N–C) groups is 1. The van der Waals surface area contributed by atoms with E-state index in [1.165, 1.54) is 0 Å². The van der Waals surface area contributed by atoms with Crippen molar-refractivity contribution in [3.63, 3.8) is 0 Å². The van der Waals surface area contributed by atoms with E-state index in [0.29, 0.717) is 0 Å². The quantitative estimate of drug-likeness (QED) is 0.763. The molecule has 1 aliphatic heterocycles. The molecule has 5 heteroatoms. The minimum Gasteiger partial charge on any atom is -0.371 e. The normalized spacial score (nSPS) is 20.4. The van der Waals surface area contributed by atoms with Gasteiger partial charge in [0.25, 0.3) is 0 Å². The Morgan fingerprint density at radius 2 is 2.07 bits per heavy atom. The lowest BCUT2D eigenvalue weighted by molar-refractivity contribution is -0.138. The third kappa shape index (κ3) is 5.64. The standard InChI is InChI=1S/C10H17F3N2/c1-8(7-10(11,12)13)15-9-5-3-2-4-6-14-9/h8H,2-7H2,1H3,(H,14,15). The molecule has 0 aromatic rings. The summed E-state index contributed by atoms with van der Waals surface area (Å²) in [6.45, 7) is 2.28. The van der Waals surface area contributed by atoms with Crippen LogP contribution in [0.5, 0.6) is 0 Å². The summed E-state index contributed by atoms with van der Waals surface area (Å²) in [4.78, 5) is 4.23. The molecule has 0 bridgehead atoms. The van der Waals surface area contributed by atoms with Crippen LogP contribution in [0, 0.1) is 0 Å². The summed E-state index contributed by atoms with van der Waals surface area (Å²) in [5.74, 6) is 0.740. The molecule has 1 N–H and O–H groups in total. The Balaban J connectivity index is 2.36. The number of halogens is 3. The Bertz CT molecular complexity index is 223. The Morgan fingerprint density at radius 1 is 1.33 bits per heavy atom. The molecule has 0 radical (unpaired) electrons. The Morgan fingerprint density at radius 3 is 2.73 bits per heavy atom. The van der Waals surface area contributed by atoms with Crippen LogP contribution >= 0.6 is 0 Å². The van der Waals surface area contributed by atoms with E-state index in [0.717, 1.165) is 38.1 Å². The van der Waals surface area contributed by atoms with Gasteiger partial charge in [0.05, 0.1) is 12.3 Å². The Kier molecular flexibility index (Phi) is 4.42. The zero-order valence-electron chi connectivity index (χ0n) is 8.90. The molecule has 1 unspecified atom stereocenters. The van der Waals surface area contributed by atoms with Gasteiger partial charge < -0.3 is 5.32 Å².